The topological polar surface area (TPSA) is 79.4 Å². The predicted molar refractivity (Wildman–Crippen MR) is 75.8 cm³/mol. The first-order valence-corrected chi connectivity index (χ1v) is 6.87. The lowest BCUT2D eigenvalue weighted by atomic mass is 10.3. The number of amides is 1. The fourth-order valence-corrected chi connectivity index (χ4v) is 2.02. The van der Waals surface area contributed by atoms with E-state index in [1.54, 1.807) is 13.2 Å². The molecule has 0 atom stereocenters. The summed E-state index contributed by atoms with van der Waals surface area (Å²) in [4.78, 5) is 22.4. The van der Waals surface area contributed by atoms with E-state index in [0.717, 1.165) is 39.3 Å². The molecule has 0 unspecified atom stereocenters. The largest absolute Gasteiger partial charge is 0.379 e. The van der Waals surface area contributed by atoms with Crippen LogP contribution in [0.15, 0.2) is 12.4 Å². The lowest BCUT2D eigenvalue weighted by molar-refractivity contribution is 0.0374. The zero-order chi connectivity index (χ0) is 14.2. The maximum Gasteiger partial charge on any atom is 0.271 e. The molecule has 1 aromatic heterocycles. The Balaban J connectivity index is 1.69. The van der Waals surface area contributed by atoms with Crippen LogP contribution in [0.2, 0.25) is 0 Å². The van der Waals surface area contributed by atoms with Gasteiger partial charge in [-0.05, 0) is 13.0 Å². The normalized spacial score (nSPS) is 15.8. The first-order chi connectivity index (χ1) is 9.79. The molecule has 1 amide bonds. The number of rotatable bonds is 6. The van der Waals surface area contributed by atoms with Crippen molar-refractivity contribution in [1.82, 2.24) is 20.2 Å². The van der Waals surface area contributed by atoms with Crippen molar-refractivity contribution < 1.29 is 9.53 Å². The highest BCUT2D eigenvalue weighted by Gasteiger charge is 2.11. The summed E-state index contributed by atoms with van der Waals surface area (Å²) in [5.41, 5.74) is 0.336. The minimum Gasteiger partial charge on any atom is -0.379 e. The molecule has 110 valence electrons. The standard InChI is InChI=1S/C13H21N5O2/c1-14-12-10-15-9-11(17-12)13(19)16-3-2-4-18-5-7-20-8-6-18/h9-10H,2-8H2,1H3,(H,14,17)(H,16,19). The molecule has 1 saturated heterocycles. The summed E-state index contributed by atoms with van der Waals surface area (Å²) in [5, 5.41) is 5.72. The molecule has 1 aromatic rings. The first kappa shape index (κ1) is 14.7. The van der Waals surface area contributed by atoms with Crippen molar-refractivity contribution in [2.24, 2.45) is 0 Å². The number of hydrogen-bond acceptors (Lipinski definition) is 6. The Morgan fingerprint density at radius 2 is 2.20 bits per heavy atom. The lowest BCUT2D eigenvalue weighted by Gasteiger charge is -2.26. The molecule has 7 heteroatoms. The van der Waals surface area contributed by atoms with Gasteiger partial charge in [0.1, 0.15) is 11.5 Å². The van der Waals surface area contributed by atoms with Gasteiger partial charge in [0.2, 0.25) is 0 Å². The maximum absolute atomic E-state index is 11.9. The molecule has 2 heterocycles. The van der Waals surface area contributed by atoms with Crippen LogP contribution in [0.25, 0.3) is 0 Å². The maximum atomic E-state index is 11.9. The molecule has 1 aliphatic rings. The Hall–Kier alpha value is -1.73. The third kappa shape index (κ3) is 4.43. The number of ether oxygens (including phenoxy) is 1. The van der Waals surface area contributed by atoms with Crippen molar-refractivity contribution in [3.63, 3.8) is 0 Å². The molecule has 0 radical (unpaired) electrons. The highest BCUT2D eigenvalue weighted by molar-refractivity contribution is 5.92. The second-order valence-electron chi connectivity index (χ2n) is 4.60. The minimum atomic E-state index is -0.184. The molecule has 7 nitrogen and oxygen atoms in total. The van der Waals surface area contributed by atoms with Crippen LogP contribution in [0.1, 0.15) is 16.9 Å². The van der Waals surface area contributed by atoms with Gasteiger partial charge in [-0.2, -0.15) is 0 Å². The molecular weight excluding hydrogens is 258 g/mol. The second-order valence-corrected chi connectivity index (χ2v) is 4.60. The molecule has 1 aliphatic heterocycles. The average molecular weight is 279 g/mol. The van der Waals surface area contributed by atoms with Gasteiger partial charge in [-0.3, -0.25) is 14.7 Å². The predicted octanol–water partition coefficient (Wildman–Crippen LogP) is -0.0296. The molecule has 2 rings (SSSR count). The van der Waals surface area contributed by atoms with E-state index in [4.69, 9.17) is 4.74 Å². The Kier molecular flexibility index (Phi) is 5.69. The van der Waals surface area contributed by atoms with Gasteiger partial charge in [-0.1, -0.05) is 0 Å². The number of morpholine rings is 1. The van der Waals surface area contributed by atoms with E-state index >= 15 is 0 Å². The SMILES string of the molecule is CNc1cncc(C(=O)NCCCN2CCOCC2)n1. The summed E-state index contributed by atoms with van der Waals surface area (Å²) in [5.74, 6) is 0.405. The highest BCUT2D eigenvalue weighted by Crippen LogP contribution is 2.01. The first-order valence-electron chi connectivity index (χ1n) is 6.87. The fraction of sp³-hybridized carbons (Fsp3) is 0.615. The molecule has 1 fully saturated rings. The summed E-state index contributed by atoms with van der Waals surface area (Å²) >= 11 is 0. The number of hydrogen-bond donors (Lipinski definition) is 2. The van der Waals surface area contributed by atoms with E-state index in [0.29, 0.717) is 18.1 Å². The quantitative estimate of drug-likeness (QED) is 0.712. The monoisotopic (exact) mass is 279 g/mol. The Morgan fingerprint density at radius 1 is 1.40 bits per heavy atom. The summed E-state index contributed by atoms with van der Waals surface area (Å²) in [7, 11) is 1.74. The van der Waals surface area contributed by atoms with Gasteiger partial charge in [0.25, 0.3) is 5.91 Å². The Bertz CT molecular complexity index is 435. The second kappa shape index (κ2) is 7.76. The van der Waals surface area contributed by atoms with E-state index < -0.39 is 0 Å². The molecule has 0 aliphatic carbocycles. The molecule has 0 aromatic carbocycles. The summed E-state index contributed by atoms with van der Waals surface area (Å²) < 4.78 is 5.29. The number of nitrogens with zero attached hydrogens (tertiary/aromatic N) is 3. The van der Waals surface area contributed by atoms with Crippen LogP contribution >= 0.6 is 0 Å². The van der Waals surface area contributed by atoms with E-state index in [1.165, 1.54) is 6.20 Å². The van der Waals surface area contributed by atoms with Gasteiger partial charge in [0, 0.05) is 26.7 Å². The summed E-state index contributed by atoms with van der Waals surface area (Å²) in [6.07, 6.45) is 3.97. The molecule has 2 N–H and O–H groups in total. The van der Waals surface area contributed by atoms with Crippen LogP contribution < -0.4 is 10.6 Å². The van der Waals surface area contributed by atoms with Gasteiger partial charge >= 0.3 is 0 Å². The van der Waals surface area contributed by atoms with E-state index in [-0.39, 0.29) is 5.91 Å². The van der Waals surface area contributed by atoms with Crippen LogP contribution in [0.5, 0.6) is 0 Å². The van der Waals surface area contributed by atoms with Crippen LogP contribution in [0, 0.1) is 0 Å². The van der Waals surface area contributed by atoms with Crippen LogP contribution in [-0.2, 0) is 4.74 Å². The smallest absolute Gasteiger partial charge is 0.271 e. The summed E-state index contributed by atoms with van der Waals surface area (Å²) in [6, 6.07) is 0. The molecule has 20 heavy (non-hydrogen) atoms. The fourth-order valence-electron chi connectivity index (χ4n) is 2.02. The average Bonchev–Trinajstić information content (AvgIpc) is 2.52. The van der Waals surface area contributed by atoms with E-state index in [2.05, 4.69) is 25.5 Å². The lowest BCUT2D eigenvalue weighted by Crippen LogP contribution is -2.38. The third-order valence-electron chi connectivity index (χ3n) is 3.16. The third-order valence-corrected chi connectivity index (χ3v) is 3.16. The van der Waals surface area contributed by atoms with Gasteiger partial charge in [-0.15, -0.1) is 0 Å². The van der Waals surface area contributed by atoms with Gasteiger partial charge in [0.15, 0.2) is 0 Å². The van der Waals surface area contributed by atoms with Gasteiger partial charge in [-0.25, -0.2) is 4.98 Å². The Labute approximate surface area is 118 Å². The van der Waals surface area contributed by atoms with Gasteiger partial charge in [0.05, 0.1) is 25.6 Å². The summed E-state index contributed by atoms with van der Waals surface area (Å²) in [6.45, 7) is 5.18. The van der Waals surface area contributed by atoms with E-state index in [1.807, 2.05) is 0 Å². The van der Waals surface area contributed by atoms with Crippen molar-refractivity contribution >= 4 is 11.7 Å². The van der Waals surface area contributed by atoms with Crippen LogP contribution in [-0.4, -0.2) is 67.2 Å². The van der Waals surface area contributed by atoms with E-state index in [9.17, 15) is 4.79 Å². The number of aromatic nitrogens is 2. The minimum absolute atomic E-state index is 0.184. The van der Waals surface area contributed by atoms with Crippen molar-refractivity contribution in [3.05, 3.63) is 18.1 Å². The van der Waals surface area contributed by atoms with Gasteiger partial charge < -0.3 is 15.4 Å². The van der Waals surface area contributed by atoms with Crippen molar-refractivity contribution in [1.29, 1.82) is 0 Å². The Morgan fingerprint density at radius 3 is 2.95 bits per heavy atom. The molecular formula is C13H21N5O2. The highest BCUT2D eigenvalue weighted by atomic mass is 16.5. The van der Waals surface area contributed by atoms with Crippen LogP contribution in [0.3, 0.4) is 0 Å². The molecule has 0 saturated carbocycles. The number of anilines is 1. The zero-order valence-corrected chi connectivity index (χ0v) is 11.8. The number of nitrogens with one attached hydrogen (secondary N) is 2. The van der Waals surface area contributed by atoms with Crippen molar-refractivity contribution in [2.75, 3.05) is 51.8 Å². The number of carbonyl (C=O) groups is 1. The van der Waals surface area contributed by atoms with Crippen molar-refractivity contribution in [2.45, 2.75) is 6.42 Å². The van der Waals surface area contributed by atoms with Crippen molar-refractivity contribution in [3.8, 4) is 0 Å². The molecule has 0 bridgehead atoms. The van der Waals surface area contributed by atoms with Crippen LogP contribution in [0.4, 0.5) is 5.82 Å². The molecule has 0 spiro atoms. The number of carbonyl (C=O) groups excluding carboxylic acids is 1. The zero-order valence-electron chi connectivity index (χ0n) is 11.8.